The number of aromatic nitrogens is 2. The third-order valence-electron chi connectivity index (χ3n) is 2.68. The number of ether oxygens (including phenoxy) is 4. The maximum atomic E-state index is 11.3. The van der Waals surface area contributed by atoms with Gasteiger partial charge in [-0.2, -0.15) is 9.97 Å². The number of aromatic carboxylic acids is 1. The van der Waals surface area contributed by atoms with Gasteiger partial charge in [-0.05, 0) is 18.2 Å². The van der Waals surface area contributed by atoms with Gasteiger partial charge in [-0.3, -0.25) is 0 Å². The van der Waals surface area contributed by atoms with Crippen molar-refractivity contribution in [2.45, 2.75) is 0 Å². The molecule has 0 amide bonds. The molecule has 116 valence electrons. The third-order valence-corrected chi connectivity index (χ3v) is 2.68. The molecule has 0 unspecified atom stereocenters. The Hall–Kier alpha value is -3.03. The van der Waals surface area contributed by atoms with E-state index >= 15 is 0 Å². The SMILES string of the molecule is COc1ccc(Oc2cc(OC)nc(OC)n2)c(C(=O)O)c1. The Kier molecular flexibility index (Phi) is 4.62. The molecule has 1 heterocycles. The summed E-state index contributed by atoms with van der Waals surface area (Å²) in [5.41, 5.74) is -0.0594. The molecule has 0 radical (unpaired) electrons. The van der Waals surface area contributed by atoms with Gasteiger partial charge in [-0.15, -0.1) is 0 Å². The van der Waals surface area contributed by atoms with Crippen LogP contribution in [0.2, 0.25) is 0 Å². The lowest BCUT2D eigenvalue weighted by Gasteiger charge is -2.10. The molecule has 8 heteroatoms. The predicted molar refractivity (Wildman–Crippen MR) is 75.2 cm³/mol. The Morgan fingerprint density at radius 2 is 1.73 bits per heavy atom. The summed E-state index contributed by atoms with van der Waals surface area (Å²) in [6.07, 6.45) is 0. The summed E-state index contributed by atoms with van der Waals surface area (Å²) in [5.74, 6) is -0.316. The van der Waals surface area contributed by atoms with E-state index in [9.17, 15) is 9.90 Å². The average molecular weight is 306 g/mol. The van der Waals surface area contributed by atoms with Crippen molar-refractivity contribution in [2.24, 2.45) is 0 Å². The lowest BCUT2D eigenvalue weighted by Crippen LogP contribution is -2.03. The van der Waals surface area contributed by atoms with Gasteiger partial charge >= 0.3 is 12.0 Å². The van der Waals surface area contributed by atoms with Crippen LogP contribution in [0.3, 0.4) is 0 Å². The molecule has 8 nitrogen and oxygen atoms in total. The number of rotatable bonds is 6. The first-order chi connectivity index (χ1) is 10.6. The summed E-state index contributed by atoms with van der Waals surface area (Å²) < 4.78 is 20.4. The minimum absolute atomic E-state index is 0.0414. The number of nitrogens with zero attached hydrogens (tertiary/aromatic N) is 2. The standard InChI is InChI=1S/C14H14N2O6/c1-19-8-4-5-10(9(6-8)13(17)18)22-12-7-11(20-2)15-14(16-12)21-3/h4-7H,1-3H3,(H,17,18). The van der Waals surface area contributed by atoms with E-state index in [1.807, 2.05) is 0 Å². The van der Waals surface area contributed by atoms with Crippen molar-refractivity contribution in [3.63, 3.8) is 0 Å². The number of methoxy groups -OCH3 is 3. The van der Waals surface area contributed by atoms with Crippen LogP contribution in [0.4, 0.5) is 0 Å². The van der Waals surface area contributed by atoms with Gasteiger partial charge in [-0.25, -0.2) is 4.79 Å². The molecular weight excluding hydrogens is 292 g/mol. The molecule has 0 aliphatic rings. The van der Waals surface area contributed by atoms with Crippen LogP contribution in [0.25, 0.3) is 0 Å². The fourth-order valence-corrected chi connectivity index (χ4v) is 1.64. The quantitative estimate of drug-likeness (QED) is 0.864. The average Bonchev–Trinajstić information content (AvgIpc) is 2.54. The molecule has 1 N–H and O–H groups in total. The van der Waals surface area contributed by atoms with E-state index in [1.165, 1.54) is 39.5 Å². The summed E-state index contributed by atoms with van der Waals surface area (Å²) in [4.78, 5) is 19.2. The zero-order valence-electron chi connectivity index (χ0n) is 12.2. The van der Waals surface area contributed by atoms with Crippen LogP contribution in [-0.4, -0.2) is 42.4 Å². The Morgan fingerprint density at radius 1 is 1.00 bits per heavy atom. The molecule has 0 saturated carbocycles. The molecule has 22 heavy (non-hydrogen) atoms. The summed E-state index contributed by atoms with van der Waals surface area (Å²) in [5, 5.41) is 9.25. The minimum atomic E-state index is -1.15. The van der Waals surface area contributed by atoms with Crippen LogP contribution >= 0.6 is 0 Å². The second kappa shape index (κ2) is 6.61. The number of hydrogen-bond donors (Lipinski definition) is 1. The van der Waals surface area contributed by atoms with Gasteiger partial charge in [0.2, 0.25) is 11.8 Å². The van der Waals surface area contributed by atoms with E-state index < -0.39 is 5.97 Å². The Morgan fingerprint density at radius 3 is 2.32 bits per heavy atom. The van der Waals surface area contributed by atoms with Gasteiger partial charge < -0.3 is 24.1 Å². The number of carboxylic acid groups (broad SMARTS) is 1. The second-order valence-corrected chi connectivity index (χ2v) is 4.00. The van der Waals surface area contributed by atoms with Gasteiger partial charge in [0.15, 0.2) is 0 Å². The van der Waals surface area contributed by atoms with E-state index in [0.29, 0.717) is 5.75 Å². The van der Waals surface area contributed by atoms with E-state index in [2.05, 4.69) is 9.97 Å². The normalized spacial score (nSPS) is 9.95. The molecule has 1 aromatic carbocycles. The number of carbonyl (C=O) groups is 1. The van der Waals surface area contributed by atoms with Crippen molar-refractivity contribution in [3.8, 4) is 29.3 Å². The summed E-state index contributed by atoms with van der Waals surface area (Å²) in [7, 11) is 4.28. The Balaban J connectivity index is 2.40. The molecule has 0 fully saturated rings. The van der Waals surface area contributed by atoms with Crippen LogP contribution in [0, 0.1) is 0 Å². The van der Waals surface area contributed by atoms with Crippen LogP contribution in [0.5, 0.6) is 29.3 Å². The molecular formula is C14H14N2O6. The molecule has 2 aromatic rings. The highest BCUT2D eigenvalue weighted by Gasteiger charge is 2.15. The lowest BCUT2D eigenvalue weighted by molar-refractivity contribution is 0.0693. The van der Waals surface area contributed by atoms with Gasteiger partial charge in [-0.1, -0.05) is 0 Å². The molecule has 0 spiro atoms. The van der Waals surface area contributed by atoms with Gasteiger partial charge in [0.1, 0.15) is 17.1 Å². The monoisotopic (exact) mass is 306 g/mol. The molecule has 2 rings (SSSR count). The lowest BCUT2D eigenvalue weighted by atomic mass is 10.2. The van der Waals surface area contributed by atoms with Crippen molar-refractivity contribution < 1.29 is 28.8 Å². The largest absolute Gasteiger partial charge is 0.497 e. The van der Waals surface area contributed by atoms with Gasteiger partial charge in [0.25, 0.3) is 0 Å². The first-order valence-corrected chi connectivity index (χ1v) is 6.13. The highest BCUT2D eigenvalue weighted by atomic mass is 16.5. The van der Waals surface area contributed by atoms with Gasteiger partial charge in [0.05, 0.1) is 27.4 Å². The van der Waals surface area contributed by atoms with E-state index in [-0.39, 0.29) is 29.1 Å². The zero-order chi connectivity index (χ0) is 16.1. The Labute approximate surface area is 126 Å². The van der Waals surface area contributed by atoms with Crippen molar-refractivity contribution in [1.82, 2.24) is 9.97 Å². The van der Waals surface area contributed by atoms with Gasteiger partial charge in [0, 0.05) is 0 Å². The molecule has 0 bridgehead atoms. The van der Waals surface area contributed by atoms with Crippen LogP contribution in [-0.2, 0) is 0 Å². The molecule has 0 saturated heterocycles. The van der Waals surface area contributed by atoms with Crippen molar-refractivity contribution >= 4 is 5.97 Å². The second-order valence-electron chi connectivity index (χ2n) is 4.00. The van der Waals surface area contributed by atoms with Crippen LogP contribution in [0.15, 0.2) is 24.3 Å². The van der Waals surface area contributed by atoms with Crippen molar-refractivity contribution in [2.75, 3.05) is 21.3 Å². The highest BCUT2D eigenvalue weighted by molar-refractivity contribution is 5.91. The molecule has 1 aromatic heterocycles. The van der Waals surface area contributed by atoms with E-state index in [4.69, 9.17) is 18.9 Å². The summed E-state index contributed by atoms with van der Waals surface area (Å²) >= 11 is 0. The maximum Gasteiger partial charge on any atom is 0.339 e. The zero-order valence-corrected chi connectivity index (χ0v) is 12.2. The maximum absolute atomic E-state index is 11.3. The summed E-state index contributed by atoms with van der Waals surface area (Å²) in [6, 6.07) is 5.87. The van der Waals surface area contributed by atoms with E-state index in [0.717, 1.165) is 0 Å². The van der Waals surface area contributed by atoms with Crippen molar-refractivity contribution in [1.29, 1.82) is 0 Å². The van der Waals surface area contributed by atoms with Crippen molar-refractivity contribution in [3.05, 3.63) is 29.8 Å². The number of carboxylic acids is 1. The van der Waals surface area contributed by atoms with Crippen LogP contribution < -0.4 is 18.9 Å². The van der Waals surface area contributed by atoms with E-state index in [1.54, 1.807) is 6.07 Å². The fourth-order valence-electron chi connectivity index (χ4n) is 1.64. The fraction of sp³-hybridized carbons (Fsp3) is 0.214. The number of benzene rings is 1. The first-order valence-electron chi connectivity index (χ1n) is 6.13. The summed E-state index contributed by atoms with van der Waals surface area (Å²) in [6.45, 7) is 0. The smallest absolute Gasteiger partial charge is 0.339 e. The first kappa shape index (κ1) is 15.4. The Bertz CT molecular complexity index is 667. The minimum Gasteiger partial charge on any atom is -0.497 e. The third kappa shape index (κ3) is 3.35. The topological polar surface area (TPSA) is 100 Å². The van der Waals surface area contributed by atoms with Crippen LogP contribution in [0.1, 0.15) is 10.4 Å². The molecule has 0 atom stereocenters. The molecule has 0 aliphatic heterocycles. The predicted octanol–water partition coefficient (Wildman–Crippen LogP) is 1.99. The molecule has 0 aliphatic carbocycles. The highest BCUT2D eigenvalue weighted by Crippen LogP contribution is 2.30. The number of hydrogen-bond acceptors (Lipinski definition) is 7.